The first-order valence-electron chi connectivity index (χ1n) is 8.32. The Morgan fingerprint density at radius 2 is 2.00 bits per heavy atom. The fourth-order valence-electron chi connectivity index (χ4n) is 3.06. The molecule has 1 aliphatic rings. The van der Waals surface area contributed by atoms with Crippen molar-refractivity contribution >= 4 is 0 Å². The van der Waals surface area contributed by atoms with Crippen LogP contribution in [-0.2, 0) is 13.6 Å². The molecular weight excluding hydrogens is 302 g/mol. The summed E-state index contributed by atoms with van der Waals surface area (Å²) < 4.78 is 13.2. The van der Waals surface area contributed by atoms with E-state index in [2.05, 4.69) is 30.4 Å². The molecule has 2 aromatic rings. The van der Waals surface area contributed by atoms with Crippen molar-refractivity contribution in [3.63, 3.8) is 0 Å². The van der Waals surface area contributed by atoms with Crippen molar-refractivity contribution in [2.75, 3.05) is 13.2 Å². The van der Waals surface area contributed by atoms with E-state index in [0.29, 0.717) is 18.9 Å². The third-order valence-corrected chi connectivity index (χ3v) is 4.67. The van der Waals surface area contributed by atoms with Gasteiger partial charge in [-0.3, -0.25) is 0 Å². The Balaban J connectivity index is 1.75. The van der Waals surface area contributed by atoms with Gasteiger partial charge in [-0.2, -0.15) is 5.26 Å². The van der Waals surface area contributed by atoms with E-state index in [1.54, 1.807) is 0 Å². The molecule has 0 bridgehead atoms. The standard InChI is InChI=1S/C19H23N3O2/c1-4-17(14-5-6-18-19(10-14)24-8-7-23-18)21-12-15-9-16(11-20)22(3)13(15)2/h5-6,9-10,17,21H,4,7-8,12H2,1-3H3/t17-/m1/s1. The largest absolute Gasteiger partial charge is 0.486 e. The summed E-state index contributed by atoms with van der Waals surface area (Å²) in [5.74, 6) is 1.64. The van der Waals surface area contributed by atoms with Gasteiger partial charge in [-0.05, 0) is 42.7 Å². The zero-order valence-corrected chi connectivity index (χ0v) is 14.4. The lowest BCUT2D eigenvalue weighted by Crippen LogP contribution is -2.21. The second-order valence-corrected chi connectivity index (χ2v) is 6.06. The van der Waals surface area contributed by atoms with Gasteiger partial charge in [0.1, 0.15) is 25.0 Å². The molecule has 0 radical (unpaired) electrons. The third kappa shape index (κ3) is 3.10. The second-order valence-electron chi connectivity index (χ2n) is 6.06. The molecule has 1 aromatic heterocycles. The number of nitrogens with zero attached hydrogens (tertiary/aromatic N) is 2. The van der Waals surface area contributed by atoms with Crippen LogP contribution in [0.5, 0.6) is 11.5 Å². The van der Waals surface area contributed by atoms with Crippen LogP contribution in [0.4, 0.5) is 0 Å². The number of nitrogens with one attached hydrogen (secondary N) is 1. The predicted octanol–water partition coefficient (Wildman–Crippen LogP) is 3.22. The normalized spacial score (nSPS) is 14.2. The Hall–Kier alpha value is -2.45. The molecule has 0 aliphatic carbocycles. The number of nitriles is 1. The Labute approximate surface area is 142 Å². The van der Waals surface area contributed by atoms with E-state index in [4.69, 9.17) is 14.7 Å². The quantitative estimate of drug-likeness (QED) is 0.917. The van der Waals surface area contributed by atoms with E-state index < -0.39 is 0 Å². The van der Waals surface area contributed by atoms with Gasteiger partial charge in [-0.1, -0.05) is 13.0 Å². The van der Waals surface area contributed by atoms with E-state index in [0.717, 1.165) is 35.7 Å². The smallest absolute Gasteiger partial charge is 0.161 e. The van der Waals surface area contributed by atoms with E-state index in [-0.39, 0.29) is 6.04 Å². The molecule has 24 heavy (non-hydrogen) atoms. The minimum Gasteiger partial charge on any atom is -0.486 e. The van der Waals surface area contributed by atoms with Gasteiger partial charge in [0.25, 0.3) is 0 Å². The molecule has 126 valence electrons. The lowest BCUT2D eigenvalue weighted by atomic mass is 10.0. The van der Waals surface area contributed by atoms with Crippen molar-refractivity contribution in [1.29, 1.82) is 5.26 Å². The van der Waals surface area contributed by atoms with Crippen LogP contribution < -0.4 is 14.8 Å². The Morgan fingerprint density at radius 3 is 2.67 bits per heavy atom. The molecule has 5 nitrogen and oxygen atoms in total. The van der Waals surface area contributed by atoms with Gasteiger partial charge in [0.15, 0.2) is 11.5 Å². The molecule has 0 saturated heterocycles. The average Bonchev–Trinajstić information content (AvgIpc) is 2.90. The highest BCUT2D eigenvalue weighted by Gasteiger charge is 2.17. The molecule has 1 atom stereocenters. The van der Waals surface area contributed by atoms with Crippen molar-refractivity contribution in [2.24, 2.45) is 7.05 Å². The molecule has 0 amide bonds. The summed E-state index contributed by atoms with van der Waals surface area (Å²) in [4.78, 5) is 0. The highest BCUT2D eigenvalue weighted by Crippen LogP contribution is 2.33. The van der Waals surface area contributed by atoms with Gasteiger partial charge < -0.3 is 19.4 Å². The number of aromatic nitrogens is 1. The van der Waals surface area contributed by atoms with Gasteiger partial charge in [0, 0.05) is 25.3 Å². The third-order valence-electron chi connectivity index (χ3n) is 4.67. The number of hydrogen-bond acceptors (Lipinski definition) is 4. The number of ether oxygens (including phenoxy) is 2. The minimum atomic E-state index is 0.228. The van der Waals surface area contributed by atoms with Crippen LogP contribution in [0.1, 0.15) is 41.9 Å². The van der Waals surface area contributed by atoms with Crippen LogP contribution in [0.2, 0.25) is 0 Å². The maximum atomic E-state index is 9.15. The lowest BCUT2D eigenvalue weighted by Gasteiger charge is -2.22. The number of hydrogen-bond donors (Lipinski definition) is 1. The highest BCUT2D eigenvalue weighted by atomic mass is 16.6. The Bertz CT molecular complexity index is 774. The predicted molar refractivity (Wildman–Crippen MR) is 92.2 cm³/mol. The molecule has 0 unspecified atom stereocenters. The summed E-state index contributed by atoms with van der Waals surface area (Å²) in [7, 11) is 1.93. The van der Waals surface area contributed by atoms with Crippen LogP contribution >= 0.6 is 0 Å². The molecular formula is C19H23N3O2. The first kappa shape index (κ1) is 16.4. The van der Waals surface area contributed by atoms with Gasteiger partial charge in [0.05, 0.1) is 0 Å². The first-order chi connectivity index (χ1) is 11.6. The molecule has 1 aliphatic heterocycles. The highest BCUT2D eigenvalue weighted by molar-refractivity contribution is 5.44. The fourth-order valence-corrected chi connectivity index (χ4v) is 3.06. The van der Waals surface area contributed by atoms with Crippen LogP contribution in [0.3, 0.4) is 0 Å². The monoisotopic (exact) mass is 325 g/mol. The molecule has 5 heteroatoms. The summed E-state index contributed by atoms with van der Waals surface area (Å²) in [6.45, 7) is 6.14. The second kappa shape index (κ2) is 6.98. The van der Waals surface area contributed by atoms with Gasteiger partial charge in [-0.25, -0.2) is 0 Å². The lowest BCUT2D eigenvalue weighted by molar-refractivity contribution is 0.171. The Morgan fingerprint density at radius 1 is 1.25 bits per heavy atom. The SMILES string of the molecule is CC[C@@H](NCc1cc(C#N)n(C)c1C)c1ccc2c(c1)OCCO2. The molecule has 2 heterocycles. The van der Waals surface area contributed by atoms with Gasteiger partial charge in [0.2, 0.25) is 0 Å². The van der Waals surface area contributed by atoms with Crippen LogP contribution in [0.25, 0.3) is 0 Å². The summed E-state index contributed by atoms with van der Waals surface area (Å²) in [6, 6.07) is 10.5. The number of benzene rings is 1. The molecule has 0 fully saturated rings. The minimum absolute atomic E-state index is 0.228. The molecule has 3 rings (SSSR count). The summed E-state index contributed by atoms with van der Waals surface area (Å²) in [5.41, 5.74) is 4.16. The van der Waals surface area contributed by atoms with Crippen LogP contribution in [-0.4, -0.2) is 17.8 Å². The fraction of sp³-hybridized carbons (Fsp3) is 0.421. The molecule has 0 saturated carbocycles. The zero-order valence-electron chi connectivity index (χ0n) is 14.4. The van der Waals surface area contributed by atoms with Crippen molar-refractivity contribution in [2.45, 2.75) is 32.9 Å². The summed E-state index contributed by atoms with van der Waals surface area (Å²) in [5, 5.41) is 12.7. The number of rotatable bonds is 5. The van der Waals surface area contributed by atoms with Crippen molar-refractivity contribution < 1.29 is 9.47 Å². The van der Waals surface area contributed by atoms with Gasteiger partial charge in [-0.15, -0.1) is 0 Å². The maximum Gasteiger partial charge on any atom is 0.161 e. The van der Waals surface area contributed by atoms with Crippen molar-refractivity contribution in [3.05, 3.63) is 46.8 Å². The molecule has 1 N–H and O–H groups in total. The van der Waals surface area contributed by atoms with Crippen molar-refractivity contribution in [1.82, 2.24) is 9.88 Å². The molecule has 1 aromatic carbocycles. The average molecular weight is 325 g/mol. The molecule has 0 spiro atoms. The maximum absolute atomic E-state index is 9.15. The first-order valence-corrected chi connectivity index (χ1v) is 8.32. The topological polar surface area (TPSA) is 59.2 Å². The number of fused-ring (bicyclic) bond motifs is 1. The van der Waals surface area contributed by atoms with Gasteiger partial charge >= 0.3 is 0 Å². The van der Waals surface area contributed by atoms with E-state index >= 15 is 0 Å². The Kier molecular flexibility index (Phi) is 4.77. The van der Waals surface area contributed by atoms with Crippen LogP contribution in [0, 0.1) is 18.3 Å². The summed E-state index contributed by atoms with van der Waals surface area (Å²) in [6.07, 6.45) is 0.969. The van der Waals surface area contributed by atoms with E-state index in [9.17, 15) is 0 Å². The van der Waals surface area contributed by atoms with Crippen LogP contribution in [0.15, 0.2) is 24.3 Å². The zero-order chi connectivity index (χ0) is 17.1. The van der Waals surface area contributed by atoms with E-state index in [1.807, 2.05) is 30.7 Å². The summed E-state index contributed by atoms with van der Waals surface area (Å²) >= 11 is 0. The van der Waals surface area contributed by atoms with Crippen molar-refractivity contribution in [3.8, 4) is 17.6 Å². The van der Waals surface area contributed by atoms with E-state index in [1.165, 1.54) is 5.56 Å².